The molecule has 6 aliphatic heterocycles. The average molecular weight is 941 g/mol. The largest absolute Gasteiger partial charge is 0.371 e. The first-order valence-corrected chi connectivity index (χ1v) is 24.2. The Morgan fingerprint density at radius 1 is 0.826 bits per heavy atom. The maximum atomic E-state index is 15.1. The number of nitrogens with zero attached hydrogens (tertiary/aromatic N) is 9. The molecule has 358 valence electrons. The van der Waals surface area contributed by atoms with Gasteiger partial charge in [-0.3, -0.25) is 48.6 Å². The number of fused-ring (bicyclic) bond motifs is 4. The molecule has 1 unspecified atom stereocenters. The zero-order chi connectivity index (χ0) is 47.8. The van der Waals surface area contributed by atoms with Crippen molar-refractivity contribution in [2.45, 2.75) is 96.2 Å². The van der Waals surface area contributed by atoms with Crippen molar-refractivity contribution in [3.05, 3.63) is 88.5 Å². The average Bonchev–Trinajstić information content (AvgIpc) is 3.98. The minimum Gasteiger partial charge on any atom is -0.371 e. The van der Waals surface area contributed by atoms with E-state index in [0.29, 0.717) is 82.9 Å². The van der Waals surface area contributed by atoms with Gasteiger partial charge in [0.1, 0.15) is 6.04 Å². The summed E-state index contributed by atoms with van der Waals surface area (Å²) in [5, 5.41) is 8.37. The molecule has 9 heterocycles. The van der Waals surface area contributed by atoms with Crippen LogP contribution in [-0.4, -0.2) is 115 Å². The van der Waals surface area contributed by atoms with Crippen molar-refractivity contribution in [1.82, 2.24) is 39.3 Å². The maximum absolute atomic E-state index is 15.1. The molecule has 6 aliphatic rings. The number of carbonyl (C=O) groups excluding carboxylic acids is 6. The Hall–Kier alpha value is -6.98. The lowest BCUT2D eigenvalue weighted by atomic mass is 9.91. The number of amides is 6. The molecule has 2 aromatic carbocycles. The van der Waals surface area contributed by atoms with Gasteiger partial charge in [-0.2, -0.15) is 5.10 Å². The summed E-state index contributed by atoms with van der Waals surface area (Å²) in [6.07, 6.45) is 8.36. The van der Waals surface area contributed by atoms with E-state index in [-0.39, 0.29) is 53.3 Å². The van der Waals surface area contributed by atoms with Gasteiger partial charge in [0.25, 0.3) is 18.2 Å². The molecule has 3 aromatic heterocycles. The van der Waals surface area contributed by atoms with E-state index in [1.807, 2.05) is 45.8 Å². The number of pyridine rings is 1. The summed E-state index contributed by atoms with van der Waals surface area (Å²) in [4.78, 5) is 90.8. The van der Waals surface area contributed by atoms with E-state index in [9.17, 15) is 28.8 Å². The second kappa shape index (κ2) is 17.5. The fourth-order valence-electron chi connectivity index (χ4n) is 11.7. The standard InChI is InChI=1S/C51H54F2N10O6/c1-29(64)60-21-14-42-40(28-60)48(61-16-3-4-31-23-35(36(47(52)53)25-44(31)61)39-27-57(2)41-9-15-54-26-38(39)41)56-63(42)32-12-19-59(20-13-32)46(66)22-30-10-17-58(18-11-30)33-5-6-34-37(24-33)51(69)62(50(34)68)43-7-8-45(65)55-49(43)67/h5-6,9,15,23-27,30,32,43,47H,3-4,7-8,10-14,16-22,28H2,1-2H3,(H,55,65,67). The lowest BCUT2D eigenvalue weighted by Crippen LogP contribution is -2.54. The molecule has 0 aliphatic carbocycles. The Morgan fingerprint density at radius 3 is 2.36 bits per heavy atom. The van der Waals surface area contributed by atoms with Crippen molar-refractivity contribution in [1.29, 1.82) is 0 Å². The van der Waals surface area contributed by atoms with Crippen molar-refractivity contribution >= 4 is 63.5 Å². The van der Waals surface area contributed by atoms with E-state index in [1.165, 1.54) is 0 Å². The van der Waals surface area contributed by atoms with Gasteiger partial charge in [0.05, 0.1) is 29.2 Å². The van der Waals surface area contributed by atoms with E-state index in [2.05, 4.69) is 24.8 Å². The number of likely N-dealkylation sites (tertiary alicyclic amines) is 1. The van der Waals surface area contributed by atoms with Gasteiger partial charge in [0.2, 0.25) is 23.6 Å². The minimum absolute atomic E-state index is 0.0254. The quantitative estimate of drug-likeness (QED) is 0.176. The summed E-state index contributed by atoms with van der Waals surface area (Å²) in [5.41, 5.74) is 7.09. The number of alkyl halides is 2. The molecule has 3 fully saturated rings. The maximum Gasteiger partial charge on any atom is 0.264 e. The molecule has 0 bridgehead atoms. The van der Waals surface area contributed by atoms with Gasteiger partial charge in [-0.15, -0.1) is 0 Å². The van der Waals surface area contributed by atoms with Crippen LogP contribution in [0.1, 0.15) is 114 Å². The smallest absolute Gasteiger partial charge is 0.264 e. The Labute approximate surface area is 397 Å². The lowest BCUT2D eigenvalue weighted by Gasteiger charge is -2.36. The number of rotatable bonds is 8. The second-order valence-corrected chi connectivity index (χ2v) is 19.5. The number of halogens is 2. The van der Waals surface area contributed by atoms with Crippen LogP contribution in [0, 0.1) is 5.92 Å². The van der Waals surface area contributed by atoms with E-state index in [1.54, 1.807) is 37.5 Å². The Kier molecular flexibility index (Phi) is 11.3. The number of hydrogen-bond acceptors (Lipinski definition) is 10. The monoisotopic (exact) mass is 940 g/mol. The number of carbonyl (C=O) groups is 6. The first kappa shape index (κ1) is 44.5. The van der Waals surface area contributed by atoms with E-state index in [0.717, 1.165) is 75.2 Å². The fraction of sp³-hybridized carbons (Fsp3) is 0.451. The Bertz CT molecular complexity index is 2970. The number of nitrogens with one attached hydrogen (secondary N) is 1. The predicted molar refractivity (Wildman–Crippen MR) is 251 cm³/mol. The molecule has 6 amide bonds. The van der Waals surface area contributed by atoms with Gasteiger partial charge in [0, 0.05) is 130 Å². The summed E-state index contributed by atoms with van der Waals surface area (Å²) < 4.78 is 34.3. The number of anilines is 3. The first-order valence-electron chi connectivity index (χ1n) is 24.2. The predicted octanol–water partition coefficient (Wildman–Crippen LogP) is 6.23. The fourth-order valence-corrected chi connectivity index (χ4v) is 11.7. The third-order valence-corrected chi connectivity index (χ3v) is 15.5. The van der Waals surface area contributed by atoms with Crippen molar-refractivity contribution in [2.75, 3.05) is 49.1 Å². The highest BCUT2D eigenvalue weighted by molar-refractivity contribution is 6.23. The molecule has 0 spiro atoms. The molecule has 0 saturated carbocycles. The third-order valence-electron chi connectivity index (χ3n) is 15.5. The van der Waals surface area contributed by atoms with Gasteiger partial charge in [-0.1, -0.05) is 0 Å². The molecule has 3 saturated heterocycles. The van der Waals surface area contributed by atoms with Crippen molar-refractivity contribution in [3.8, 4) is 11.1 Å². The van der Waals surface area contributed by atoms with Crippen molar-refractivity contribution in [3.63, 3.8) is 0 Å². The van der Waals surface area contributed by atoms with Crippen LogP contribution in [0.25, 0.3) is 22.0 Å². The van der Waals surface area contributed by atoms with Crippen molar-refractivity contribution < 1.29 is 37.5 Å². The van der Waals surface area contributed by atoms with Gasteiger partial charge >= 0.3 is 0 Å². The number of benzene rings is 2. The molecular formula is C51H54F2N10O6. The summed E-state index contributed by atoms with van der Waals surface area (Å²) in [6.45, 7) is 5.65. The number of aryl methyl sites for hydroxylation is 2. The SMILES string of the molecule is CC(=O)N1CCc2c(c(N3CCCc4cc(-c5cn(C)c6ccncc56)c(C(F)F)cc43)nn2C2CCN(C(=O)CC3CCN(c4ccc5c(c4)C(=O)N(C4CCC(=O)NC4=O)C5=O)CC3)CC2)C1. The highest BCUT2D eigenvalue weighted by Crippen LogP contribution is 2.45. The number of aromatic nitrogens is 4. The topological polar surface area (TPSA) is 166 Å². The molecule has 1 N–H and O–H groups in total. The molecule has 5 aromatic rings. The molecule has 16 nitrogen and oxygen atoms in total. The highest BCUT2D eigenvalue weighted by atomic mass is 19.3. The van der Waals surface area contributed by atoms with Gasteiger partial charge in [-0.25, -0.2) is 8.78 Å². The summed E-state index contributed by atoms with van der Waals surface area (Å²) in [5.74, 6) is -1.13. The van der Waals surface area contributed by atoms with Crippen LogP contribution in [-0.2, 0) is 45.6 Å². The minimum atomic E-state index is -2.72. The van der Waals surface area contributed by atoms with E-state index < -0.39 is 36.1 Å². The second-order valence-electron chi connectivity index (χ2n) is 19.5. The molecule has 1 atom stereocenters. The molecule has 0 radical (unpaired) electrons. The summed E-state index contributed by atoms with van der Waals surface area (Å²) >= 11 is 0. The Morgan fingerprint density at radius 2 is 1.61 bits per heavy atom. The third kappa shape index (κ3) is 7.81. The lowest BCUT2D eigenvalue weighted by molar-refractivity contribution is -0.136. The van der Waals surface area contributed by atoms with Crippen LogP contribution in [0.4, 0.5) is 26.0 Å². The van der Waals surface area contributed by atoms with E-state index >= 15 is 8.78 Å². The van der Waals surface area contributed by atoms with Gasteiger partial charge in [0.15, 0.2) is 5.82 Å². The molecule has 11 rings (SSSR count). The van der Waals surface area contributed by atoms with E-state index in [4.69, 9.17) is 5.10 Å². The Balaban J connectivity index is 0.763. The normalized spacial score (nSPS) is 20.2. The van der Waals surface area contributed by atoms with Crippen LogP contribution in [0.3, 0.4) is 0 Å². The zero-order valence-electron chi connectivity index (χ0n) is 38.8. The highest BCUT2D eigenvalue weighted by Gasteiger charge is 2.45. The van der Waals surface area contributed by atoms with Gasteiger partial charge < -0.3 is 24.2 Å². The number of piperidine rings is 3. The van der Waals surface area contributed by atoms with Crippen LogP contribution < -0.4 is 15.1 Å². The molecular weight excluding hydrogens is 887 g/mol. The van der Waals surface area contributed by atoms with Crippen LogP contribution >= 0.6 is 0 Å². The zero-order valence-corrected chi connectivity index (χ0v) is 38.8. The summed E-state index contributed by atoms with van der Waals surface area (Å²) in [6, 6.07) is 9.63. The number of imide groups is 2. The van der Waals surface area contributed by atoms with Crippen LogP contribution in [0.5, 0.6) is 0 Å². The summed E-state index contributed by atoms with van der Waals surface area (Å²) in [7, 11) is 1.91. The van der Waals surface area contributed by atoms with Gasteiger partial charge in [-0.05, 0) is 98.4 Å². The van der Waals surface area contributed by atoms with Crippen LogP contribution in [0.15, 0.2) is 55.0 Å². The van der Waals surface area contributed by atoms with Crippen LogP contribution in [0.2, 0.25) is 0 Å². The van der Waals surface area contributed by atoms with Crippen molar-refractivity contribution in [2.24, 2.45) is 13.0 Å². The first-order chi connectivity index (χ1) is 33.3. The molecule has 18 heteroatoms. The molecule has 69 heavy (non-hydrogen) atoms. The number of hydrogen-bond donors (Lipinski definition) is 1.